The van der Waals surface area contributed by atoms with Gasteiger partial charge in [0, 0.05) is 0 Å². The van der Waals surface area contributed by atoms with Gasteiger partial charge in [0.05, 0.1) is 13.2 Å². The SMILES string of the molecule is OC[C@H]1O[C@@](CO)(O[C@H]2O[C@H](COC(Cl)Cl)[C@@H](O)[C@H](O)[C@H]2O)[C@@H](O)[C@@H]1O. The largest absolute Gasteiger partial charge is 0.394 e. The van der Waals surface area contributed by atoms with Crippen LogP contribution in [0.5, 0.6) is 0 Å². The fourth-order valence-corrected chi connectivity index (χ4v) is 2.93. The Morgan fingerprint density at radius 3 is 2.08 bits per heavy atom. The summed E-state index contributed by atoms with van der Waals surface area (Å²) in [6, 6.07) is 0. The third kappa shape index (κ3) is 4.41. The molecule has 2 aliphatic rings. The van der Waals surface area contributed by atoms with Crippen LogP contribution in [0.3, 0.4) is 0 Å². The van der Waals surface area contributed by atoms with Crippen molar-refractivity contribution in [3.05, 3.63) is 0 Å². The van der Waals surface area contributed by atoms with Crippen molar-refractivity contribution in [2.75, 3.05) is 19.8 Å². The van der Waals surface area contributed by atoms with Gasteiger partial charge in [-0.15, -0.1) is 0 Å². The van der Waals surface area contributed by atoms with Gasteiger partial charge in [0.15, 0.2) is 6.29 Å². The van der Waals surface area contributed by atoms with E-state index in [-0.39, 0.29) is 6.61 Å². The zero-order valence-corrected chi connectivity index (χ0v) is 14.8. The van der Waals surface area contributed by atoms with Crippen LogP contribution in [-0.4, -0.2) is 115 Å². The quantitative estimate of drug-likeness (QED) is 0.200. The van der Waals surface area contributed by atoms with Crippen LogP contribution in [0.4, 0.5) is 0 Å². The zero-order valence-electron chi connectivity index (χ0n) is 13.3. The first-order valence-corrected chi connectivity index (χ1v) is 8.57. The van der Waals surface area contributed by atoms with Crippen molar-refractivity contribution in [1.29, 1.82) is 0 Å². The van der Waals surface area contributed by atoms with Gasteiger partial charge in [-0.05, 0) is 0 Å². The summed E-state index contributed by atoms with van der Waals surface area (Å²) in [7, 11) is 0. The predicted octanol–water partition coefficient (Wildman–Crippen LogP) is -3.61. The van der Waals surface area contributed by atoms with E-state index < -0.39 is 73.0 Å². The Kier molecular flexibility index (Phi) is 7.84. The number of hydrogen-bond acceptors (Lipinski definition) is 11. The fourth-order valence-electron chi connectivity index (χ4n) is 2.79. The lowest BCUT2D eigenvalue weighted by molar-refractivity contribution is -0.384. The van der Waals surface area contributed by atoms with Gasteiger partial charge in [-0.2, -0.15) is 0 Å². The monoisotopic (exact) mass is 424 g/mol. The molecule has 9 atom stereocenters. The van der Waals surface area contributed by atoms with Crippen LogP contribution < -0.4 is 0 Å². The summed E-state index contributed by atoms with van der Waals surface area (Å²) in [6.45, 7) is -2.03. The summed E-state index contributed by atoms with van der Waals surface area (Å²) >= 11 is 10.8. The second kappa shape index (κ2) is 9.09. The van der Waals surface area contributed by atoms with E-state index in [2.05, 4.69) is 0 Å². The summed E-state index contributed by atoms with van der Waals surface area (Å²) in [5.74, 6) is -2.24. The highest BCUT2D eigenvalue weighted by Gasteiger charge is 2.58. The summed E-state index contributed by atoms with van der Waals surface area (Å²) in [6.07, 6.45) is -12.7. The number of alkyl halides is 2. The van der Waals surface area contributed by atoms with Gasteiger partial charge in [-0.3, -0.25) is 0 Å². The number of rotatable bonds is 7. The lowest BCUT2D eigenvalue weighted by Gasteiger charge is -2.43. The van der Waals surface area contributed by atoms with E-state index in [0.717, 1.165) is 0 Å². The molecule has 2 saturated heterocycles. The Labute approximate surface area is 158 Å². The normalized spacial score (nSPS) is 46.8. The van der Waals surface area contributed by atoms with Crippen molar-refractivity contribution in [3.8, 4) is 0 Å². The lowest BCUT2D eigenvalue weighted by atomic mass is 9.99. The number of aliphatic hydroxyl groups is 7. The molecule has 0 saturated carbocycles. The third-order valence-corrected chi connectivity index (χ3v) is 4.53. The predicted molar refractivity (Wildman–Crippen MR) is 83.0 cm³/mol. The average Bonchev–Trinajstić information content (AvgIpc) is 2.86. The summed E-state index contributed by atoms with van der Waals surface area (Å²) in [4.78, 5) is 0. The molecule has 2 heterocycles. The summed E-state index contributed by atoms with van der Waals surface area (Å²) in [5, 5.41) is 67.4. The molecule has 0 spiro atoms. The molecule has 11 nitrogen and oxygen atoms in total. The first-order valence-electron chi connectivity index (χ1n) is 7.69. The first-order chi connectivity index (χ1) is 12.2. The Morgan fingerprint density at radius 1 is 0.923 bits per heavy atom. The number of ether oxygens (including phenoxy) is 4. The summed E-state index contributed by atoms with van der Waals surface area (Å²) < 4.78 is 20.7. The molecular formula is C13H22Cl2O11. The third-order valence-electron chi connectivity index (χ3n) is 4.28. The molecule has 2 aliphatic heterocycles. The molecule has 0 radical (unpaired) electrons. The highest BCUT2D eigenvalue weighted by molar-refractivity contribution is 6.43. The van der Waals surface area contributed by atoms with Crippen LogP contribution in [0.15, 0.2) is 0 Å². The number of halogens is 2. The fraction of sp³-hybridized carbons (Fsp3) is 1.00. The molecule has 0 aromatic carbocycles. The van der Waals surface area contributed by atoms with Gasteiger partial charge in [0.25, 0.3) is 0 Å². The first kappa shape index (κ1) is 22.4. The van der Waals surface area contributed by atoms with E-state index in [0.29, 0.717) is 0 Å². The second-order valence-electron chi connectivity index (χ2n) is 5.97. The van der Waals surface area contributed by atoms with Gasteiger partial charge in [-0.25, -0.2) is 0 Å². The molecule has 0 aromatic heterocycles. The molecular weight excluding hydrogens is 403 g/mol. The van der Waals surface area contributed by atoms with Gasteiger partial charge in [0.1, 0.15) is 49.3 Å². The molecule has 154 valence electrons. The van der Waals surface area contributed by atoms with Crippen molar-refractivity contribution < 1.29 is 54.7 Å². The molecule has 0 amide bonds. The van der Waals surface area contributed by atoms with E-state index in [9.17, 15) is 30.6 Å². The van der Waals surface area contributed by atoms with Gasteiger partial charge >= 0.3 is 0 Å². The molecule has 2 fully saturated rings. The van der Waals surface area contributed by atoms with E-state index in [1.54, 1.807) is 0 Å². The average molecular weight is 425 g/mol. The van der Waals surface area contributed by atoms with Gasteiger partial charge in [0.2, 0.25) is 10.8 Å². The second-order valence-corrected chi connectivity index (χ2v) is 6.99. The molecule has 2 rings (SSSR count). The van der Waals surface area contributed by atoms with E-state index in [1.807, 2.05) is 0 Å². The number of aliphatic hydroxyl groups excluding tert-OH is 7. The Bertz CT molecular complexity index is 458. The topological polar surface area (TPSA) is 179 Å². The molecule has 0 bridgehead atoms. The molecule has 7 N–H and O–H groups in total. The zero-order chi connectivity index (χ0) is 19.6. The highest BCUT2D eigenvalue weighted by atomic mass is 35.5. The lowest BCUT2D eigenvalue weighted by Crippen LogP contribution is -2.62. The molecule has 13 heteroatoms. The minimum absolute atomic E-state index is 0.375. The maximum atomic E-state index is 10.1. The van der Waals surface area contributed by atoms with Crippen LogP contribution in [-0.2, 0) is 18.9 Å². The molecule has 26 heavy (non-hydrogen) atoms. The van der Waals surface area contributed by atoms with Crippen molar-refractivity contribution >= 4 is 23.2 Å². The minimum atomic E-state index is -2.24. The van der Waals surface area contributed by atoms with Crippen molar-refractivity contribution in [3.63, 3.8) is 0 Å². The van der Waals surface area contributed by atoms with Crippen LogP contribution in [0.1, 0.15) is 0 Å². The van der Waals surface area contributed by atoms with Crippen molar-refractivity contribution in [2.24, 2.45) is 0 Å². The van der Waals surface area contributed by atoms with E-state index in [1.165, 1.54) is 0 Å². The molecule has 0 aliphatic carbocycles. The van der Waals surface area contributed by atoms with E-state index in [4.69, 9.17) is 47.3 Å². The molecule has 0 aromatic rings. The standard InChI is InChI=1S/C13H22Cl2O11/c14-12(15)23-2-5-6(18)8(20)9(21)11(24-5)26-13(3-17)10(22)7(19)4(1-16)25-13/h4-12,16-22H,1-3H2/t4-,5-,6-,7-,8+,9-,10+,11-,13+/m1/s1. The van der Waals surface area contributed by atoms with Crippen molar-refractivity contribution in [2.45, 2.75) is 59.8 Å². The maximum absolute atomic E-state index is 10.1. The number of hydrogen-bond donors (Lipinski definition) is 7. The van der Waals surface area contributed by atoms with Crippen LogP contribution in [0.2, 0.25) is 0 Å². The van der Waals surface area contributed by atoms with Crippen LogP contribution >= 0.6 is 23.2 Å². The smallest absolute Gasteiger partial charge is 0.224 e. The van der Waals surface area contributed by atoms with Crippen LogP contribution in [0, 0.1) is 0 Å². The Balaban J connectivity index is 2.14. The Morgan fingerprint density at radius 2 is 1.58 bits per heavy atom. The van der Waals surface area contributed by atoms with Gasteiger partial charge < -0.3 is 54.7 Å². The Hall–Kier alpha value is 0.140. The summed E-state index contributed by atoms with van der Waals surface area (Å²) in [5.41, 5.74) is 0. The van der Waals surface area contributed by atoms with Crippen LogP contribution in [0.25, 0.3) is 0 Å². The maximum Gasteiger partial charge on any atom is 0.224 e. The van der Waals surface area contributed by atoms with E-state index >= 15 is 0 Å². The minimum Gasteiger partial charge on any atom is -0.394 e. The highest BCUT2D eigenvalue weighted by Crippen LogP contribution is 2.36. The van der Waals surface area contributed by atoms with Crippen molar-refractivity contribution in [1.82, 2.24) is 0 Å². The molecule has 0 unspecified atom stereocenters. The van der Waals surface area contributed by atoms with Gasteiger partial charge in [-0.1, -0.05) is 23.2 Å².